The summed E-state index contributed by atoms with van der Waals surface area (Å²) < 4.78 is 0.940. The maximum atomic E-state index is 8.06. The average Bonchev–Trinajstić information content (AvgIpc) is 1.65. The van der Waals surface area contributed by atoms with Gasteiger partial charge >= 0.3 is 53.2 Å². The Labute approximate surface area is 76.3 Å². The van der Waals surface area contributed by atoms with E-state index in [0.29, 0.717) is 25.8 Å². The molecule has 8 heavy (non-hydrogen) atoms. The van der Waals surface area contributed by atoms with Gasteiger partial charge in [-0.2, -0.15) is 9.90 Å². The van der Waals surface area contributed by atoms with E-state index in [1.807, 2.05) is 19.1 Å². The van der Waals surface area contributed by atoms with Gasteiger partial charge in [0.2, 0.25) is 0 Å². The smallest absolute Gasteiger partial charge is 0.153 e. The first-order valence-corrected chi connectivity index (χ1v) is 3.87. The Morgan fingerprint density at radius 1 is 1.75 bits per heavy atom. The minimum Gasteiger partial charge on any atom is -0.813 e. The van der Waals surface area contributed by atoms with Gasteiger partial charge in [-0.15, -0.1) is 0 Å². The summed E-state index contributed by atoms with van der Waals surface area (Å²) in [6.07, 6.45) is 1.85. The summed E-state index contributed by atoms with van der Waals surface area (Å²) in [4.78, 5) is 0. The number of nitrogens with zero attached hydrogens (tertiary/aromatic N) is 1. The Balaban J connectivity index is -0.000000125. The van der Waals surface area contributed by atoms with E-state index in [2.05, 4.69) is 0 Å². The number of allylic oxidation sites excluding steroid dienone is 2. The largest absolute Gasteiger partial charge is 0.813 e. The Morgan fingerprint density at radius 3 is 2.12 bits per heavy atom. The molecule has 0 aliphatic heterocycles. The van der Waals surface area contributed by atoms with Crippen LogP contribution in [0, 0.1) is 11.3 Å². The SMILES string of the molecule is C/C=[C](/[Tl])C#N.P.[SH-]. The van der Waals surface area contributed by atoms with Gasteiger partial charge in [0, 0.05) is 0 Å². The molecule has 0 aliphatic rings. The third kappa shape index (κ3) is 10.0. The van der Waals surface area contributed by atoms with Gasteiger partial charge in [-0.1, -0.05) is 0 Å². The Bertz CT molecular complexity index is 107. The van der Waals surface area contributed by atoms with Crippen molar-refractivity contribution in [2.24, 2.45) is 0 Å². The van der Waals surface area contributed by atoms with E-state index >= 15 is 0 Å². The molecular formula is C4H8NPSTl-. The van der Waals surface area contributed by atoms with Crippen LogP contribution in [0.3, 0.4) is 0 Å². The van der Waals surface area contributed by atoms with Gasteiger partial charge in [-0.3, -0.25) is 0 Å². The quantitative estimate of drug-likeness (QED) is 0.210. The summed E-state index contributed by atoms with van der Waals surface area (Å²) in [5, 5.41) is 8.06. The molecule has 0 bridgehead atoms. The first kappa shape index (κ1) is 16.0. The van der Waals surface area contributed by atoms with Crippen molar-refractivity contribution in [3.63, 3.8) is 0 Å². The molecule has 0 saturated carbocycles. The number of rotatable bonds is 0. The zero-order valence-electron chi connectivity index (χ0n) is 4.76. The fourth-order valence-electron chi connectivity index (χ4n) is 0.0645. The van der Waals surface area contributed by atoms with E-state index in [4.69, 9.17) is 5.26 Å². The zero-order chi connectivity index (χ0) is 4.99. The molecule has 1 unspecified atom stereocenters. The van der Waals surface area contributed by atoms with Crippen molar-refractivity contribution in [1.29, 1.82) is 5.26 Å². The van der Waals surface area contributed by atoms with Crippen LogP contribution in [0.5, 0.6) is 0 Å². The molecule has 0 aliphatic carbocycles. The van der Waals surface area contributed by atoms with E-state index in [0.717, 1.165) is 3.13 Å². The molecule has 1 atom stereocenters. The van der Waals surface area contributed by atoms with Crippen molar-refractivity contribution in [1.82, 2.24) is 0 Å². The van der Waals surface area contributed by atoms with E-state index in [1.54, 1.807) is 0 Å². The molecule has 44 valence electrons. The Morgan fingerprint density at radius 2 is 2.12 bits per heavy atom. The van der Waals surface area contributed by atoms with Crippen LogP contribution in [-0.2, 0) is 13.5 Å². The second-order valence-electron chi connectivity index (χ2n) is 0.856. The van der Waals surface area contributed by atoms with Crippen molar-refractivity contribution in [2.45, 2.75) is 6.92 Å². The number of nitriles is 1. The van der Waals surface area contributed by atoms with Crippen LogP contribution in [0.1, 0.15) is 6.92 Å². The monoisotopic (exact) mass is 338 g/mol. The van der Waals surface area contributed by atoms with E-state index < -0.39 is 0 Å². The minimum atomic E-state index is 0. The molecule has 0 rings (SSSR count). The third-order valence-electron chi connectivity index (χ3n) is 0.440. The van der Waals surface area contributed by atoms with Crippen molar-refractivity contribution in [3.05, 3.63) is 9.21 Å². The van der Waals surface area contributed by atoms with Gasteiger partial charge in [0.15, 0.2) is 0 Å². The van der Waals surface area contributed by atoms with Crippen LogP contribution in [0.15, 0.2) is 9.21 Å². The summed E-state index contributed by atoms with van der Waals surface area (Å²) >= 11 is 0.713. The fourth-order valence-corrected chi connectivity index (χ4v) is 0.0645. The van der Waals surface area contributed by atoms with Gasteiger partial charge in [-0.05, 0) is 0 Å². The van der Waals surface area contributed by atoms with Crippen LogP contribution in [0.4, 0.5) is 0 Å². The molecule has 1 nitrogen and oxygen atoms in total. The Hall–Kier alpha value is 0.932. The minimum absolute atomic E-state index is 0. The maximum Gasteiger partial charge on any atom is -0.153 e. The molecule has 4 heteroatoms. The number of thiol groups is 1. The van der Waals surface area contributed by atoms with Crippen LogP contribution >= 0.6 is 9.90 Å². The molecule has 0 spiro atoms. The third-order valence-corrected chi connectivity index (χ3v) is 2.24. The molecular weight excluding hydrogens is 329 g/mol. The maximum absolute atomic E-state index is 8.06. The van der Waals surface area contributed by atoms with E-state index in [9.17, 15) is 0 Å². The summed E-state index contributed by atoms with van der Waals surface area (Å²) in [5.74, 6) is 0. The fraction of sp³-hybridized carbons (Fsp3) is 0.250. The first-order valence-electron chi connectivity index (χ1n) is 1.63. The van der Waals surface area contributed by atoms with Crippen molar-refractivity contribution in [2.75, 3.05) is 0 Å². The second kappa shape index (κ2) is 10.8. The zero-order valence-corrected chi connectivity index (χ0v) is 11.6. The molecule has 0 amide bonds. The molecule has 0 radical (unpaired) electrons. The van der Waals surface area contributed by atoms with Crippen LogP contribution in [0.2, 0.25) is 0 Å². The predicted octanol–water partition coefficient (Wildman–Crippen LogP) is 0.370. The van der Waals surface area contributed by atoms with Crippen LogP contribution < -0.4 is 0 Å². The van der Waals surface area contributed by atoms with Crippen LogP contribution in [-0.4, -0.2) is 25.8 Å². The van der Waals surface area contributed by atoms with Crippen molar-refractivity contribution >= 4 is 49.2 Å². The normalized spacial score (nSPS) is 7.62. The predicted molar refractivity (Wildman–Crippen MR) is 45.0 cm³/mol. The topological polar surface area (TPSA) is 23.8 Å². The van der Waals surface area contributed by atoms with E-state index in [-0.39, 0.29) is 23.4 Å². The molecule has 0 saturated heterocycles. The molecule has 0 aromatic rings. The molecule has 0 aromatic heterocycles. The second-order valence-corrected chi connectivity index (χ2v) is 3.27. The average molecular weight is 338 g/mol. The summed E-state index contributed by atoms with van der Waals surface area (Å²) in [6, 6.07) is 2.05. The Kier molecular flexibility index (Phi) is 21.6. The molecule has 0 aromatic carbocycles. The standard InChI is InChI=1S/C4H4N.H3P.H2S.Tl/c1-2-3-4-5;;;/h2H,1H3;1H3;1H2;/p-1. The first-order chi connectivity index (χ1) is 2.81. The number of hydrogen-bond donors (Lipinski definition) is 0. The summed E-state index contributed by atoms with van der Waals surface area (Å²) in [7, 11) is 0. The molecule has 0 fully saturated rings. The van der Waals surface area contributed by atoms with Crippen molar-refractivity contribution < 1.29 is 0 Å². The van der Waals surface area contributed by atoms with Gasteiger partial charge in [0.05, 0.1) is 0 Å². The van der Waals surface area contributed by atoms with Gasteiger partial charge in [0.1, 0.15) is 0 Å². The van der Waals surface area contributed by atoms with Gasteiger partial charge in [-0.25, -0.2) is 0 Å². The van der Waals surface area contributed by atoms with E-state index in [1.165, 1.54) is 0 Å². The van der Waals surface area contributed by atoms with Crippen LogP contribution in [0.25, 0.3) is 0 Å². The number of hydrogen-bond acceptors (Lipinski definition) is 2. The molecule has 0 N–H and O–H groups in total. The summed E-state index contributed by atoms with van der Waals surface area (Å²) in [5.41, 5.74) is 0. The molecule has 0 heterocycles. The van der Waals surface area contributed by atoms with Crippen molar-refractivity contribution in [3.8, 4) is 6.07 Å². The van der Waals surface area contributed by atoms with Gasteiger partial charge < -0.3 is 13.5 Å². The summed E-state index contributed by atoms with van der Waals surface area (Å²) in [6.45, 7) is 1.89. The van der Waals surface area contributed by atoms with Gasteiger partial charge in [0.25, 0.3) is 0 Å².